The largest absolute Gasteiger partial charge is 0.466 e. The Bertz CT molecular complexity index is 123. The van der Waals surface area contributed by atoms with Crippen LogP contribution >= 0.6 is 0 Å². The van der Waals surface area contributed by atoms with Crippen LogP contribution in [0.4, 0.5) is 0 Å². The molecule has 0 aliphatic heterocycles. The van der Waals surface area contributed by atoms with Crippen LogP contribution in [0.2, 0.25) is 0 Å². The molecule has 74 valence electrons. The number of carbonyl (C=O) groups is 1. The minimum atomic E-state index is -0.333. The Balaban J connectivity index is -0.000000142. The summed E-state index contributed by atoms with van der Waals surface area (Å²) in [6.07, 6.45) is 0.902. The first-order valence-corrected chi connectivity index (χ1v) is 3.23. The van der Waals surface area contributed by atoms with Gasteiger partial charge in [-0.15, -0.1) is 0 Å². The summed E-state index contributed by atoms with van der Waals surface area (Å²) < 4.78 is 4.55. The van der Waals surface area contributed by atoms with E-state index in [-0.39, 0.29) is 17.4 Å². The van der Waals surface area contributed by atoms with E-state index in [4.69, 9.17) is 5.41 Å². The van der Waals surface area contributed by atoms with E-state index >= 15 is 0 Å². The highest BCUT2D eigenvalue weighted by Crippen LogP contribution is 1.78. The number of ether oxygens (including phenoxy) is 1. The van der Waals surface area contributed by atoms with Crippen LogP contribution in [0.1, 0.15) is 20.3 Å². The molecule has 0 radical (unpaired) electrons. The van der Waals surface area contributed by atoms with Crippen molar-refractivity contribution in [3.63, 3.8) is 0 Å². The first-order valence-electron chi connectivity index (χ1n) is 3.23. The van der Waals surface area contributed by atoms with Crippen molar-refractivity contribution in [1.82, 2.24) is 0 Å². The van der Waals surface area contributed by atoms with E-state index in [0.717, 1.165) is 6.42 Å². The second-order valence-corrected chi connectivity index (χ2v) is 1.80. The second kappa shape index (κ2) is 12.4. The van der Waals surface area contributed by atoms with Crippen LogP contribution in [-0.4, -0.2) is 24.0 Å². The lowest BCUT2D eigenvalue weighted by molar-refractivity contribution is -0.140. The summed E-state index contributed by atoms with van der Waals surface area (Å²) in [5.41, 5.74) is 8.94. The molecule has 0 heterocycles. The summed E-state index contributed by atoms with van der Waals surface area (Å²) in [7, 11) is 0. The average molecular weight is 179 g/mol. The molecule has 0 rings (SSSR count). The molecular weight excluding hydrogens is 162 g/mol. The van der Waals surface area contributed by atoms with E-state index in [1.165, 1.54) is 6.92 Å². The van der Waals surface area contributed by atoms with Gasteiger partial charge in [-0.2, -0.15) is 0 Å². The van der Waals surface area contributed by atoms with Gasteiger partial charge in [-0.05, 0) is 6.42 Å². The third-order valence-corrected chi connectivity index (χ3v) is 0.509. The average Bonchev–Trinajstić information content (AvgIpc) is 1.82. The number of esters is 1. The van der Waals surface area contributed by atoms with Gasteiger partial charge in [-0.25, -0.2) is 0 Å². The Morgan fingerprint density at radius 3 is 1.92 bits per heavy atom. The van der Waals surface area contributed by atoms with Crippen molar-refractivity contribution in [3.8, 4) is 0 Å². The molecular formula is C6H17N3O3. The first kappa shape index (κ1) is 17.0. The van der Waals surface area contributed by atoms with Gasteiger partial charge in [0.25, 0.3) is 0 Å². The van der Waals surface area contributed by atoms with Gasteiger partial charge < -0.3 is 21.7 Å². The molecule has 7 N–H and O–H groups in total. The summed E-state index contributed by atoms with van der Waals surface area (Å²) in [5.74, 6) is -0.526. The molecule has 6 heteroatoms. The van der Waals surface area contributed by atoms with Crippen LogP contribution in [0, 0.1) is 5.41 Å². The number of rotatable bonds is 2. The van der Waals surface area contributed by atoms with Gasteiger partial charge in [0.15, 0.2) is 5.96 Å². The highest BCUT2D eigenvalue weighted by Gasteiger charge is 1.85. The zero-order chi connectivity index (χ0) is 9.28. The summed E-state index contributed by atoms with van der Waals surface area (Å²) in [5, 5.41) is 6.06. The van der Waals surface area contributed by atoms with Gasteiger partial charge in [-0.3, -0.25) is 10.2 Å². The fraction of sp³-hybridized carbons (Fsp3) is 0.667. The summed E-state index contributed by atoms with van der Waals surface area (Å²) in [4.78, 5) is 9.98. The Morgan fingerprint density at radius 1 is 1.50 bits per heavy atom. The van der Waals surface area contributed by atoms with E-state index in [1.54, 1.807) is 0 Å². The van der Waals surface area contributed by atoms with Crippen molar-refractivity contribution in [2.45, 2.75) is 20.3 Å². The van der Waals surface area contributed by atoms with Crippen LogP contribution in [0.25, 0.3) is 0 Å². The fourth-order valence-electron chi connectivity index (χ4n) is 0.246. The summed E-state index contributed by atoms with van der Waals surface area (Å²) in [6.45, 7) is 3.92. The highest BCUT2D eigenvalue weighted by atomic mass is 16.5. The van der Waals surface area contributed by atoms with E-state index in [9.17, 15) is 4.79 Å². The zero-order valence-corrected chi connectivity index (χ0v) is 7.39. The predicted octanol–water partition coefficient (Wildman–Crippen LogP) is -1.03. The minimum Gasteiger partial charge on any atom is -0.466 e. The van der Waals surface area contributed by atoms with Crippen molar-refractivity contribution < 1.29 is 15.0 Å². The molecule has 0 aromatic carbocycles. The third-order valence-electron chi connectivity index (χ3n) is 0.509. The van der Waals surface area contributed by atoms with Crippen molar-refractivity contribution in [2.75, 3.05) is 6.61 Å². The number of guanidine groups is 1. The van der Waals surface area contributed by atoms with E-state index in [1.807, 2.05) is 6.92 Å². The van der Waals surface area contributed by atoms with Crippen molar-refractivity contribution in [2.24, 2.45) is 11.5 Å². The normalized spacial score (nSPS) is 6.83. The maximum absolute atomic E-state index is 9.98. The van der Waals surface area contributed by atoms with Crippen molar-refractivity contribution in [1.29, 1.82) is 5.41 Å². The molecule has 12 heavy (non-hydrogen) atoms. The van der Waals surface area contributed by atoms with Crippen LogP contribution in [0.3, 0.4) is 0 Å². The van der Waals surface area contributed by atoms with Crippen LogP contribution in [-0.2, 0) is 9.53 Å². The first-order chi connectivity index (χ1) is 5.00. The van der Waals surface area contributed by atoms with Crippen LogP contribution in [0.15, 0.2) is 0 Å². The molecule has 0 aliphatic rings. The van der Waals surface area contributed by atoms with Crippen molar-refractivity contribution >= 4 is 11.9 Å². The topological polar surface area (TPSA) is 134 Å². The molecule has 0 atom stereocenters. The van der Waals surface area contributed by atoms with Crippen LogP contribution < -0.4 is 11.5 Å². The maximum atomic E-state index is 9.98. The summed E-state index contributed by atoms with van der Waals surface area (Å²) >= 11 is 0. The Hall–Kier alpha value is -1.30. The standard InChI is InChI=1S/C5H10O2.CH5N3.H2O/c1-3-4-7-5(2)6;2-1(3)4;/h3-4H2,1-2H3;(H5,2,3,4);1H2. The number of hydrogen-bond donors (Lipinski definition) is 3. The van der Waals surface area contributed by atoms with Gasteiger partial charge in [0.1, 0.15) is 0 Å². The van der Waals surface area contributed by atoms with E-state index < -0.39 is 0 Å². The van der Waals surface area contributed by atoms with Gasteiger partial charge in [0.05, 0.1) is 6.61 Å². The molecule has 0 amide bonds. The van der Waals surface area contributed by atoms with Gasteiger partial charge in [0.2, 0.25) is 0 Å². The number of hydrogen-bond acceptors (Lipinski definition) is 3. The van der Waals surface area contributed by atoms with E-state index in [2.05, 4.69) is 16.2 Å². The van der Waals surface area contributed by atoms with E-state index in [0.29, 0.717) is 6.61 Å². The molecule has 0 aromatic heterocycles. The molecule has 0 unspecified atom stereocenters. The quantitative estimate of drug-likeness (QED) is 0.284. The number of carbonyl (C=O) groups excluding carboxylic acids is 1. The Kier molecular flexibility index (Phi) is 17.5. The molecule has 0 spiro atoms. The van der Waals surface area contributed by atoms with Crippen molar-refractivity contribution in [3.05, 3.63) is 0 Å². The third kappa shape index (κ3) is 70.8. The monoisotopic (exact) mass is 179 g/mol. The SMILES string of the molecule is CCCOC(C)=O.N=C(N)N.O. The molecule has 0 saturated heterocycles. The second-order valence-electron chi connectivity index (χ2n) is 1.80. The highest BCUT2D eigenvalue weighted by molar-refractivity contribution is 5.71. The lowest BCUT2D eigenvalue weighted by atomic mass is 10.5. The van der Waals surface area contributed by atoms with Gasteiger partial charge in [-0.1, -0.05) is 6.92 Å². The Labute approximate surface area is 71.7 Å². The maximum Gasteiger partial charge on any atom is 0.302 e. The van der Waals surface area contributed by atoms with Crippen LogP contribution in [0.5, 0.6) is 0 Å². The summed E-state index contributed by atoms with van der Waals surface area (Å²) in [6, 6.07) is 0. The smallest absolute Gasteiger partial charge is 0.302 e. The number of nitrogens with one attached hydrogen (secondary N) is 1. The molecule has 0 saturated carbocycles. The van der Waals surface area contributed by atoms with Gasteiger partial charge >= 0.3 is 5.97 Å². The van der Waals surface area contributed by atoms with Gasteiger partial charge in [0, 0.05) is 6.92 Å². The molecule has 0 bridgehead atoms. The Morgan fingerprint density at radius 2 is 1.83 bits per heavy atom. The molecule has 0 aliphatic carbocycles. The zero-order valence-electron chi connectivity index (χ0n) is 7.39. The molecule has 0 fully saturated rings. The predicted molar refractivity (Wildman–Crippen MR) is 46.6 cm³/mol. The minimum absolute atomic E-state index is 0. The molecule has 0 aromatic rings. The molecule has 6 nitrogen and oxygen atoms in total. The lowest BCUT2D eigenvalue weighted by Crippen LogP contribution is -2.20. The number of nitrogens with two attached hydrogens (primary N) is 2. The fourth-order valence-corrected chi connectivity index (χ4v) is 0.246. The lowest BCUT2D eigenvalue weighted by Gasteiger charge is -1.93.